The third-order valence-corrected chi connectivity index (χ3v) is 8.06. The van der Waals surface area contributed by atoms with Crippen molar-refractivity contribution in [3.8, 4) is 0 Å². The maximum Gasteiger partial charge on any atom is 0.250 e. The second-order valence-electron chi connectivity index (χ2n) is 14.2. The minimum Gasteiger partial charge on any atom is -0.530 e. The zero-order valence-electron chi connectivity index (χ0n) is 28.6. The molecule has 0 aliphatic rings. The number of carboxylic acid groups (broad SMARTS) is 1. The average Bonchev–Trinajstić information content (AvgIpc) is 3.00. The number of carbonyl (C=O) groups is 2. The number of rotatable bonds is 16. The maximum absolute atomic E-state index is 13.7. The van der Waals surface area contributed by atoms with Crippen molar-refractivity contribution in [2.45, 2.75) is 96.9 Å². The quantitative estimate of drug-likeness (QED) is 0.187. The van der Waals surface area contributed by atoms with E-state index in [1.807, 2.05) is 112 Å². The summed E-state index contributed by atoms with van der Waals surface area (Å²) < 4.78 is 6.14. The third kappa shape index (κ3) is 12.1. The molecule has 0 saturated heterocycles. The van der Waals surface area contributed by atoms with E-state index in [9.17, 15) is 24.9 Å². The number of amides is 2. The standard InChI is InChI=1S/C38H53N3O6/c1-37(2,3)34(47-26-29-20-14-9-15-21-29)35(44)40-30(22-27-16-10-7-11-17-27)32(42)24-39-25-33(43)31(23-28-18-12-8-13-19-28)41(36(45)46)38(4,5)6/h7-21,30-34,39,42-43H,22-26H2,1-6H3,(H,40,44)(H,45,46)/p-1/t30-,31-,32+,33+,34?/m0/s1. The zero-order valence-corrected chi connectivity index (χ0v) is 28.6. The lowest BCUT2D eigenvalue weighted by molar-refractivity contribution is -0.275. The van der Waals surface area contributed by atoms with Crippen LogP contribution in [0.25, 0.3) is 0 Å². The van der Waals surface area contributed by atoms with Crippen LogP contribution in [0.1, 0.15) is 58.2 Å². The minimum absolute atomic E-state index is 0.00519. The highest BCUT2D eigenvalue weighted by Crippen LogP contribution is 2.25. The molecule has 3 aromatic rings. The molecule has 3 rings (SSSR count). The van der Waals surface area contributed by atoms with Gasteiger partial charge in [-0.25, -0.2) is 0 Å². The molecule has 3 aromatic carbocycles. The van der Waals surface area contributed by atoms with Crippen LogP contribution in [0.5, 0.6) is 0 Å². The summed E-state index contributed by atoms with van der Waals surface area (Å²) in [6.07, 6.45) is -3.65. The first-order chi connectivity index (χ1) is 22.2. The van der Waals surface area contributed by atoms with E-state index < -0.39 is 47.4 Å². The smallest absolute Gasteiger partial charge is 0.250 e. The monoisotopic (exact) mass is 646 g/mol. The molecule has 0 saturated carbocycles. The van der Waals surface area contributed by atoms with Gasteiger partial charge in [-0.2, -0.15) is 0 Å². The fourth-order valence-corrected chi connectivity index (χ4v) is 5.70. The van der Waals surface area contributed by atoms with E-state index in [0.717, 1.165) is 16.7 Å². The Morgan fingerprint density at radius 3 is 1.68 bits per heavy atom. The predicted octanol–water partition coefficient (Wildman–Crippen LogP) is 3.71. The molecule has 0 radical (unpaired) electrons. The van der Waals surface area contributed by atoms with E-state index in [0.29, 0.717) is 6.42 Å². The lowest BCUT2D eigenvalue weighted by Crippen LogP contribution is -2.62. The Hall–Kier alpha value is -3.76. The fraction of sp³-hybridized carbons (Fsp3) is 0.474. The summed E-state index contributed by atoms with van der Waals surface area (Å²) in [5, 5.41) is 41.2. The molecule has 47 heavy (non-hydrogen) atoms. The van der Waals surface area contributed by atoms with Crippen LogP contribution < -0.4 is 15.7 Å². The van der Waals surface area contributed by atoms with Gasteiger partial charge in [-0.15, -0.1) is 0 Å². The summed E-state index contributed by atoms with van der Waals surface area (Å²) in [5.74, 6) is -0.328. The summed E-state index contributed by atoms with van der Waals surface area (Å²) in [7, 11) is 0. The highest BCUT2D eigenvalue weighted by molar-refractivity contribution is 5.82. The number of nitrogens with zero attached hydrogens (tertiary/aromatic N) is 1. The molecule has 256 valence electrons. The van der Waals surface area contributed by atoms with E-state index in [-0.39, 0.29) is 32.0 Å². The van der Waals surface area contributed by atoms with E-state index >= 15 is 0 Å². The highest BCUT2D eigenvalue weighted by atomic mass is 16.5. The van der Waals surface area contributed by atoms with Crippen molar-refractivity contribution in [2.75, 3.05) is 13.1 Å². The van der Waals surface area contributed by atoms with Gasteiger partial charge < -0.3 is 40.4 Å². The van der Waals surface area contributed by atoms with E-state index in [1.54, 1.807) is 20.8 Å². The van der Waals surface area contributed by atoms with Crippen LogP contribution in [-0.2, 0) is 29.0 Å². The second kappa shape index (κ2) is 17.4. The van der Waals surface area contributed by atoms with Gasteiger partial charge in [-0.05, 0) is 55.7 Å². The Labute approximate surface area is 280 Å². The SMILES string of the molecule is CC(C)(C)C(OCc1ccccc1)C(=O)N[C@@H](Cc1ccccc1)[C@H](O)CNC[C@@H](O)[C@H](Cc1ccccc1)N(C(=O)[O-])C(C)(C)C. The van der Waals surface area contributed by atoms with Crippen molar-refractivity contribution in [1.82, 2.24) is 15.5 Å². The molecule has 0 aliphatic carbocycles. The van der Waals surface area contributed by atoms with Crippen LogP contribution in [-0.4, -0.2) is 76.1 Å². The van der Waals surface area contributed by atoms with E-state index in [4.69, 9.17) is 4.74 Å². The van der Waals surface area contributed by atoms with Crippen LogP contribution in [0.4, 0.5) is 4.79 Å². The van der Waals surface area contributed by atoms with Crippen molar-refractivity contribution in [3.63, 3.8) is 0 Å². The Balaban J connectivity index is 1.74. The number of aliphatic hydroxyl groups is 2. The summed E-state index contributed by atoms with van der Waals surface area (Å²) in [4.78, 5) is 27.2. The Morgan fingerprint density at radius 1 is 0.745 bits per heavy atom. The summed E-state index contributed by atoms with van der Waals surface area (Å²) in [6.45, 7) is 11.4. The summed E-state index contributed by atoms with van der Waals surface area (Å²) >= 11 is 0. The fourth-order valence-electron chi connectivity index (χ4n) is 5.70. The molecule has 0 aromatic heterocycles. The van der Waals surface area contributed by atoms with Crippen LogP contribution in [0.3, 0.4) is 0 Å². The van der Waals surface area contributed by atoms with Crippen molar-refractivity contribution in [1.29, 1.82) is 0 Å². The lowest BCUT2D eigenvalue weighted by Gasteiger charge is -2.45. The van der Waals surface area contributed by atoms with Crippen molar-refractivity contribution < 1.29 is 29.6 Å². The molecular weight excluding hydrogens is 594 g/mol. The van der Waals surface area contributed by atoms with Gasteiger partial charge in [0.2, 0.25) is 5.91 Å². The molecule has 5 atom stereocenters. The van der Waals surface area contributed by atoms with Gasteiger partial charge in [0.05, 0.1) is 30.9 Å². The minimum atomic E-state index is -1.37. The van der Waals surface area contributed by atoms with Crippen molar-refractivity contribution in [3.05, 3.63) is 108 Å². The molecule has 0 bridgehead atoms. The first-order valence-electron chi connectivity index (χ1n) is 16.3. The van der Waals surface area contributed by atoms with Gasteiger partial charge in [0.15, 0.2) is 0 Å². The normalized spacial score (nSPS) is 15.2. The van der Waals surface area contributed by atoms with Crippen LogP contribution in [0.15, 0.2) is 91.0 Å². The average molecular weight is 647 g/mol. The number of aliphatic hydroxyl groups excluding tert-OH is 2. The Bertz CT molecular complexity index is 1360. The van der Waals surface area contributed by atoms with Crippen LogP contribution in [0.2, 0.25) is 0 Å². The van der Waals surface area contributed by atoms with Crippen molar-refractivity contribution >= 4 is 12.0 Å². The number of hydrogen-bond donors (Lipinski definition) is 4. The third-order valence-electron chi connectivity index (χ3n) is 8.06. The summed E-state index contributed by atoms with van der Waals surface area (Å²) in [5.41, 5.74) is 1.42. The molecule has 1 unspecified atom stereocenters. The second-order valence-corrected chi connectivity index (χ2v) is 14.2. The Kier molecular flexibility index (Phi) is 14.0. The first kappa shape index (κ1) is 37.7. The van der Waals surface area contributed by atoms with E-state index in [2.05, 4.69) is 10.6 Å². The number of benzene rings is 3. The van der Waals surface area contributed by atoms with Gasteiger partial charge in [0, 0.05) is 18.6 Å². The van der Waals surface area contributed by atoms with Gasteiger partial charge in [-0.3, -0.25) is 4.79 Å². The predicted molar refractivity (Wildman–Crippen MR) is 182 cm³/mol. The molecule has 9 heteroatoms. The Morgan fingerprint density at radius 2 is 1.21 bits per heavy atom. The molecular formula is C38H52N3O6-. The van der Waals surface area contributed by atoms with Crippen molar-refractivity contribution in [2.24, 2.45) is 5.41 Å². The molecule has 0 fully saturated rings. The molecule has 0 aliphatic heterocycles. The molecule has 4 N–H and O–H groups in total. The molecule has 2 amide bonds. The van der Waals surface area contributed by atoms with Crippen LogP contribution >= 0.6 is 0 Å². The molecule has 9 nitrogen and oxygen atoms in total. The number of nitrogens with one attached hydrogen (secondary N) is 2. The number of carbonyl (C=O) groups excluding carboxylic acids is 2. The van der Waals surface area contributed by atoms with Gasteiger partial charge in [0.25, 0.3) is 0 Å². The summed E-state index contributed by atoms with van der Waals surface area (Å²) in [6, 6.07) is 27.1. The van der Waals surface area contributed by atoms with Gasteiger partial charge in [-0.1, -0.05) is 112 Å². The molecule has 0 spiro atoms. The van der Waals surface area contributed by atoms with Gasteiger partial charge in [0.1, 0.15) is 12.2 Å². The largest absolute Gasteiger partial charge is 0.530 e. The topological polar surface area (TPSA) is 134 Å². The first-order valence-corrected chi connectivity index (χ1v) is 16.3. The van der Waals surface area contributed by atoms with E-state index in [1.165, 1.54) is 4.90 Å². The maximum atomic E-state index is 13.7. The lowest BCUT2D eigenvalue weighted by atomic mass is 9.87. The van der Waals surface area contributed by atoms with Crippen LogP contribution in [0, 0.1) is 5.41 Å². The van der Waals surface area contributed by atoms with Gasteiger partial charge >= 0.3 is 0 Å². The number of ether oxygens (including phenoxy) is 1. The zero-order chi connectivity index (χ0) is 34.6. The molecule has 0 heterocycles. The highest BCUT2D eigenvalue weighted by Gasteiger charge is 2.36. The number of hydrogen-bond acceptors (Lipinski definition) is 7.